The Kier molecular flexibility index (Phi) is 11.2. The van der Waals surface area contributed by atoms with E-state index in [0.29, 0.717) is 50.2 Å². The molecule has 1 atom stereocenters. The van der Waals surface area contributed by atoms with Crippen LogP contribution in [-0.2, 0) is 44.2 Å². The quantitative estimate of drug-likeness (QED) is 0.304. The normalized spacial score (nSPS) is 18.6. The number of hydrogen-bond donors (Lipinski definition) is 2. The second-order valence-corrected chi connectivity index (χ2v) is 15.3. The lowest BCUT2D eigenvalue weighted by Crippen LogP contribution is -2.54. The van der Waals surface area contributed by atoms with Crippen LogP contribution in [0.3, 0.4) is 0 Å². The number of amides is 3. The van der Waals surface area contributed by atoms with Gasteiger partial charge >= 0.3 is 0 Å². The van der Waals surface area contributed by atoms with Crippen molar-refractivity contribution in [3.05, 3.63) is 101 Å². The lowest BCUT2D eigenvalue weighted by atomic mass is 9.63. The van der Waals surface area contributed by atoms with E-state index in [9.17, 15) is 22.8 Å². The lowest BCUT2D eigenvalue weighted by Gasteiger charge is -2.44. The number of carbonyl (C=O) groups is 3. The fourth-order valence-corrected chi connectivity index (χ4v) is 7.37. The number of benzene rings is 3. The fraction of sp³-hybridized carbons (Fsp3) is 0.395. The first kappa shape index (κ1) is 36.5. The molecule has 274 valence electrons. The van der Waals surface area contributed by atoms with Gasteiger partial charge in [0.25, 0.3) is 5.91 Å². The van der Waals surface area contributed by atoms with Gasteiger partial charge in [-0.3, -0.25) is 19.1 Å². The molecule has 1 aliphatic heterocycles. The summed E-state index contributed by atoms with van der Waals surface area (Å²) in [7, 11) is -1.89. The van der Waals surface area contributed by atoms with Crippen molar-refractivity contribution >= 4 is 27.6 Å². The number of para-hydroxylation sites is 1. The fourth-order valence-electron chi connectivity index (χ4n) is 6.74. The summed E-state index contributed by atoms with van der Waals surface area (Å²) in [5.41, 5.74) is 1.78. The van der Waals surface area contributed by atoms with Crippen molar-refractivity contribution < 1.29 is 32.3 Å². The van der Waals surface area contributed by atoms with Crippen molar-refractivity contribution in [3.63, 3.8) is 0 Å². The summed E-state index contributed by atoms with van der Waals surface area (Å²) >= 11 is 0. The Morgan fingerprint density at radius 3 is 2.44 bits per heavy atom. The summed E-state index contributed by atoms with van der Waals surface area (Å²) in [5, 5.41) is 14.5. The average Bonchev–Trinajstić information content (AvgIpc) is 3.58. The number of ether oxygens (including phenoxy) is 2. The molecular formula is C38H44N6O7S. The van der Waals surface area contributed by atoms with Crippen molar-refractivity contribution in [1.82, 2.24) is 30.5 Å². The summed E-state index contributed by atoms with van der Waals surface area (Å²) in [5.74, 6) is -0.301. The second kappa shape index (κ2) is 16.0. The smallest absolute Gasteiger partial charge is 0.255 e. The van der Waals surface area contributed by atoms with Crippen LogP contribution in [0.1, 0.15) is 52.9 Å². The predicted molar refractivity (Wildman–Crippen MR) is 193 cm³/mol. The molecule has 1 aliphatic carbocycles. The summed E-state index contributed by atoms with van der Waals surface area (Å²) in [4.78, 5) is 44.1. The van der Waals surface area contributed by atoms with Crippen LogP contribution in [0.5, 0.6) is 11.5 Å². The van der Waals surface area contributed by atoms with Gasteiger partial charge in [-0.05, 0) is 48.2 Å². The Bertz CT molecular complexity index is 2000. The number of nitrogens with zero attached hydrogens (tertiary/aromatic N) is 4. The summed E-state index contributed by atoms with van der Waals surface area (Å²) < 4.78 is 37.6. The van der Waals surface area contributed by atoms with Crippen LogP contribution in [0.4, 0.5) is 0 Å². The maximum atomic E-state index is 14.5. The Morgan fingerprint density at radius 2 is 1.75 bits per heavy atom. The molecule has 3 aromatic carbocycles. The molecule has 52 heavy (non-hydrogen) atoms. The van der Waals surface area contributed by atoms with E-state index in [1.54, 1.807) is 52.0 Å². The molecule has 2 aliphatic rings. The topological polar surface area (TPSA) is 162 Å². The third-order valence-electron chi connectivity index (χ3n) is 9.77. The summed E-state index contributed by atoms with van der Waals surface area (Å²) in [6.07, 6.45) is 6.36. The van der Waals surface area contributed by atoms with E-state index in [0.717, 1.165) is 23.8 Å². The zero-order valence-corrected chi connectivity index (χ0v) is 30.2. The number of aryl methyl sites for hydroxylation is 1. The number of hydrogen-bond acceptors (Lipinski definition) is 9. The van der Waals surface area contributed by atoms with Crippen LogP contribution in [-0.4, -0.2) is 91.7 Å². The molecule has 0 spiro atoms. The van der Waals surface area contributed by atoms with Crippen molar-refractivity contribution in [2.24, 2.45) is 0 Å². The van der Waals surface area contributed by atoms with Gasteiger partial charge in [0.05, 0.1) is 35.3 Å². The third kappa shape index (κ3) is 8.28. The Labute approximate surface area is 303 Å². The molecule has 1 aromatic heterocycles. The molecule has 3 amide bonds. The zero-order valence-electron chi connectivity index (χ0n) is 29.4. The lowest BCUT2D eigenvalue weighted by molar-refractivity contribution is -0.141. The molecule has 2 heterocycles. The second-order valence-electron chi connectivity index (χ2n) is 13.3. The molecule has 4 aromatic rings. The molecule has 13 nitrogen and oxygen atoms in total. The van der Waals surface area contributed by atoms with Crippen LogP contribution < -0.4 is 20.1 Å². The molecule has 6 rings (SSSR count). The van der Waals surface area contributed by atoms with Gasteiger partial charge in [0.15, 0.2) is 21.3 Å². The number of nitrogens with one attached hydrogen (secondary N) is 2. The standard InChI is InChI=1S/C38H44N6O7S/c1-50-33-12-6-11-31-34(33)51-24-8-21-44-26-29(41-42-44)17-22-43(23-20-39-36(46)32(40-35(31)45)25-27-9-4-3-5-10-27)37(47)38(18-7-19-38)28-13-15-30(16-14-28)52(2,48)49/h3-6,9-16,26,32H,7-8,17-25H2,1-2H3,(H,39,46)(H,40,45)/t32-/m0/s1. The first-order valence-electron chi connectivity index (χ1n) is 17.5. The number of fused-ring (bicyclic) bond motifs is 3. The highest BCUT2D eigenvalue weighted by atomic mass is 32.2. The van der Waals surface area contributed by atoms with Gasteiger partial charge in [-0.25, -0.2) is 8.42 Å². The van der Waals surface area contributed by atoms with E-state index in [1.807, 2.05) is 36.5 Å². The van der Waals surface area contributed by atoms with Gasteiger partial charge in [-0.15, -0.1) is 5.10 Å². The SMILES string of the molecule is COc1cccc2c1OCCCn1cc(nn1)CCN(C(=O)C1(c3ccc(S(C)(=O)=O)cc3)CCC1)CCNC(=O)[C@H](Cc1ccccc1)NC2=O. The minimum Gasteiger partial charge on any atom is -0.493 e. The van der Waals surface area contributed by atoms with Crippen LogP contribution in [0, 0.1) is 0 Å². The molecule has 2 N–H and O–H groups in total. The van der Waals surface area contributed by atoms with Gasteiger partial charge < -0.3 is 25.0 Å². The number of sulfone groups is 1. The highest BCUT2D eigenvalue weighted by molar-refractivity contribution is 7.90. The van der Waals surface area contributed by atoms with Gasteiger partial charge in [0, 0.05) is 57.9 Å². The maximum Gasteiger partial charge on any atom is 0.255 e. The van der Waals surface area contributed by atoms with Crippen molar-refractivity contribution in [3.8, 4) is 11.5 Å². The Morgan fingerprint density at radius 1 is 0.981 bits per heavy atom. The Hall–Kier alpha value is -5.24. The number of carbonyl (C=O) groups excluding carboxylic acids is 3. The molecular weight excluding hydrogens is 685 g/mol. The summed E-state index contributed by atoms with van der Waals surface area (Å²) in [6, 6.07) is 20.1. The minimum atomic E-state index is -3.39. The van der Waals surface area contributed by atoms with Crippen LogP contribution in [0.25, 0.3) is 0 Å². The van der Waals surface area contributed by atoms with E-state index >= 15 is 0 Å². The predicted octanol–water partition coefficient (Wildman–Crippen LogP) is 3.12. The van der Waals surface area contributed by atoms with Gasteiger partial charge in [-0.2, -0.15) is 0 Å². The minimum absolute atomic E-state index is 0.0878. The van der Waals surface area contributed by atoms with E-state index in [4.69, 9.17) is 9.47 Å². The van der Waals surface area contributed by atoms with Gasteiger partial charge in [0.1, 0.15) is 6.04 Å². The number of methoxy groups -OCH3 is 1. The van der Waals surface area contributed by atoms with Crippen LogP contribution >= 0.6 is 0 Å². The third-order valence-corrected chi connectivity index (χ3v) is 10.9. The zero-order chi connectivity index (χ0) is 36.7. The first-order valence-corrected chi connectivity index (χ1v) is 19.4. The number of aromatic nitrogens is 3. The highest BCUT2D eigenvalue weighted by Gasteiger charge is 2.47. The summed E-state index contributed by atoms with van der Waals surface area (Å²) in [6.45, 7) is 1.45. The molecule has 1 saturated carbocycles. The average molecular weight is 729 g/mol. The molecule has 0 radical (unpaired) electrons. The first-order chi connectivity index (χ1) is 25.1. The van der Waals surface area contributed by atoms with Crippen molar-refractivity contribution in [2.45, 2.75) is 61.4 Å². The van der Waals surface area contributed by atoms with Gasteiger partial charge in [-0.1, -0.05) is 60.2 Å². The van der Waals surface area contributed by atoms with E-state index in [2.05, 4.69) is 20.9 Å². The monoisotopic (exact) mass is 728 g/mol. The van der Waals surface area contributed by atoms with Crippen LogP contribution in [0.2, 0.25) is 0 Å². The van der Waals surface area contributed by atoms with Crippen molar-refractivity contribution in [1.29, 1.82) is 0 Å². The van der Waals surface area contributed by atoms with E-state index in [-0.39, 0.29) is 48.2 Å². The molecule has 1 fully saturated rings. The highest BCUT2D eigenvalue weighted by Crippen LogP contribution is 2.45. The van der Waals surface area contributed by atoms with E-state index in [1.165, 1.54) is 7.11 Å². The molecule has 2 bridgehead atoms. The van der Waals surface area contributed by atoms with Crippen molar-refractivity contribution in [2.75, 3.05) is 39.6 Å². The molecule has 14 heteroatoms. The van der Waals surface area contributed by atoms with Gasteiger partial charge in [0.2, 0.25) is 11.8 Å². The number of rotatable bonds is 6. The molecule has 0 unspecified atom stereocenters. The maximum absolute atomic E-state index is 14.5. The van der Waals surface area contributed by atoms with Crippen LogP contribution in [0.15, 0.2) is 83.9 Å². The largest absolute Gasteiger partial charge is 0.493 e. The molecule has 0 saturated heterocycles. The van der Waals surface area contributed by atoms with E-state index < -0.39 is 33.1 Å². The Balaban J connectivity index is 1.28.